The van der Waals surface area contributed by atoms with Crippen LogP contribution in [-0.2, 0) is 0 Å². The quantitative estimate of drug-likeness (QED) is 0.484. The molecule has 0 radical (unpaired) electrons. The molecule has 0 fully saturated rings. The van der Waals surface area contributed by atoms with Gasteiger partial charge in [0.1, 0.15) is 10.9 Å². The molecule has 0 N–H and O–H groups in total. The van der Waals surface area contributed by atoms with Crippen molar-refractivity contribution in [1.29, 1.82) is 0 Å². The summed E-state index contributed by atoms with van der Waals surface area (Å²) in [6, 6.07) is 7.16. The molecule has 2 rings (SSSR count). The molecule has 1 aromatic heterocycles. The van der Waals surface area contributed by atoms with Gasteiger partial charge in [0.2, 0.25) is 5.75 Å². The SMILES string of the molecule is O=[N+]([O-])c1cc(Cl)ccc1Oc1ccnc(Cl)c1. The van der Waals surface area contributed by atoms with Crippen LogP contribution in [0.1, 0.15) is 0 Å². The zero-order valence-electron chi connectivity index (χ0n) is 8.84. The van der Waals surface area contributed by atoms with E-state index in [-0.39, 0.29) is 21.6 Å². The molecule has 0 unspecified atom stereocenters. The average Bonchev–Trinajstić information content (AvgIpc) is 2.31. The van der Waals surface area contributed by atoms with Gasteiger partial charge in [0.25, 0.3) is 0 Å². The van der Waals surface area contributed by atoms with Crippen LogP contribution in [0, 0.1) is 10.1 Å². The van der Waals surface area contributed by atoms with Gasteiger partial charge in [-0.05, 0) is 18.2 Å². The maximum Gasteiger partial charge on any atom is 0.313 e. The van der Waals surface area contributed by atoms with E-state index < -0.39 is 4.92 Å². The van der Waals surface area contributed by atoms with Crippen LogP contribution in [0.5, 0.6) is 11.5 Å². The van der Waals surface area contributed by atoms with Crippen LogP contribution in [0.25, 0.3) is 0 Å². The van der Waals surface area contributed by atoms with Gasteiger partial charge in [0.05, 0.1) is 4.92 Å². The van der Waals surface area contributed by atoms with Crippen molar-refractivity contribution in [3.63, 3.8) is 0 Å². The molecule has 2 aromatic rings. The molecule has 18 heavy (non-hydrogen) atoms. The highest BCUT2D eigenvalue weighted by atomic mass is 35.5. The van der Waals surface area contributed by atoms with Crippen molar-refractivity contribution in [3.05, 3.63) is 56.8 Å². The van der Waals surface area contributed by atoms with Gasteiger partial charge in [0, 0.05) is 23.4 Å². The van der Waals surface area contributed by atoms with Gasteiger partial charge in [-0.2, -0.15) is 0 Å². The molecule has 0 aliphatic heterocycles. The molecule has 7 heteroatoms. The lowest BCUT2D eigenvalue weighted by Gasteiger charge is -2.06. The Bertz CT molecular complexity index is 605. The van der Waals surface area contributed by atoms with Crippen LogP contribution in [0.2, 0.25) is 10.2 Å². The van der Waals surface area contributed by atoms with E-state index >= 15 is 0 Å². The average molecular weight is 285 g/mol. The molecular weight excluding hydrogens is 279 g/mol. The van der Waals surface area contributed by atoms with Crippen LogP contribution in [0.15, 0.2) is 36.5 Å². The van der Waals surface area contributed by atoms with Crippen LogP contribution in [0.4, 0.5) is 5.69 Å². The smallest absolute Gasteiger partial charge is 0.313 e. The van der Waals surface area contributed by atoms with E-state index in [4.69, 9.17) is 27.9 Å². The summed E-state index contributed by atoms with van der Waals surface area (Å²) in [5.41, 5.74) is -0.213. The summed E-state index contributed by atoms with van der Waals surface area (Å²) in [6.07, 6.45) is 1.44. The fourth-order valence-corrected chi connectivity index (χ4v) is 1.62. The van der Waals surface area contributed by atoms with E-state index in [9.17, 15) is 10.1 Å². The maximum absolute atomic E-state index is 10.9. The molecule has 0 aliphatic rings. The Morgan fingerprint density at radius 1 is 1.22 bits per heavy atom. The molecule has 92 valence electrons. The highest BCUT2D eigenvalue weighted by Gasteiger charge is 2.16. The van der Waals surface area contributed by atoms with E-state index in [0.29, 0.717) is 5.75 Å². The molecule has 5 nitrogen and oxygen atoms in total. The van der Waals surface area contributed by atoms with Crippen molar-refractivity contribution in [2.45, 2.75) is 0 Å². The molecule has 0 bridgehead atoms. The highest BCUT2D eigenvalue weighted by Crippen LogP contribution is 2.33. The maximum atomic E-state index is 10.9. The van der Waals surface area contributed by atoms with Crippen molar-refractivity contribution in [2.75, 3.05) is 0 Å². The van der Waals surface area contributed by atoms with Crippen molar-refractivity contribution < 1.29 is 9.66 Å². The fraction of sp³-hybridized carbons (Fsp3) is 0. The van der Waals surface area contributed by atoms with Crippen molar-refractivity contribution >= 4 is 28.9 Å². The second-order valence-corrected chi connectivity index (χ2v) is 4.11. The number of hydrogen-bond acceptors (Lipinski definition) is 4. The van der Waals surface area contributed by atoms with Crippen LogP contribution in [0.3, 0.4) is 0 Å². The first-order valence-corrected chi connectivity index (χ1v) is 5.55. The minimum atomic E-state index is -0.565. The number of ether oxygens (including phenoxy) is 1. The van der Waals surface area contributed by atoms with Crippen LogP contribution < -0.4 is 4.74 Å². The van der Waals surface area contributed by atoms with Gasteiger partial charge >= 0.3 is 5.69 Å². The molecule has 0 saturated heterocycles. The summed E-state index contributed by atoms with van der Waals surface area (Å²) in [5.74, 6) is 0.451. The predicted molar refractivity (Wildman–Crippen MR) is 67.4 cm³/mol. The van der Waals surface area contributed by atoms with Gasteiger partial charge < -0.3 is 4.74 Å². The summed E-state index contributed by atoms with van der Waals surface area (Å²) >= 11 is 11.4. The minimum absolute atomic E-state index is 0.0895. The summed E-state index contributed by atoms with van der Waals surface area (Å²) in [5, 5.41) is 11.4. The molecule has 0 saturated carbocycles. The summed E-state index contributed by atoms with van der Waals surface area (Å²) < 4.78 is 5.38. The van der Waals surface area contributed by atoms with Crippen molar-refractivity contribution in [2.24, 2.45) is 0 Å². The first-order chi connectivity index (χ1) is 8.56. The van der Waals surface area contributed by atoms with E-state index in [1.807, 2.05) is 0 Å². The molecule has 1 heterocycles. The number of rotatable bonds is 3. The highest BCUT2D eigenvalue weighted by molar-refractivity contribution is 6.30. The minimum Gasteiger partial charge on any atom is -0.450 e. The van der Waals surface area contributed by atoms with E-state index in [2.05, 4.69) is 4.98 Å². The van der Waals surface area contributed by atoms with Gasteiger partial charge in [-0.25, -0.2) is 4.98 Å². The van der Waals surface area contributed by atoms with Gasteiger partial charge in [-0.1, -0.05) is 23.2 Å². The third kappa shape index (κ3) is 2.88. The number of nitro groups is 1. The zero-order valence-corrected chi connectivity index (χ0v) is 10.4. The van der Waals surface area contributed by atoms with Crippen molar-refractivity contribution in [1.82, 2.24) is 4.98 Å². The van der Waals surface area contributed by atoms with Gasteiger partial charge in [0.15, 0.2) is 0 Å². The number of pyridine rings is 1. The number of nitro benzene ring substituents is 1. The Labute approximate surface area is 112 Å². The third-order valence-corrected chi connectivity index (χ3v) is 2.49. The summed E-state index contributed by atoms with van der Waals surface area (Å²) in [6.45, 7) is 0. The van der Waals surface area contributed by atoms with Crippen LogP contribution >= 0.6 is 23.2 Å². The Balaban J connectivity index is 2.37. The second-order valence-electron chi connectivity index (χ2n) is 3.29. The van der Waals surface area contributed by atoms with E-state index in [0.717, 1.165) is 0 Å². The summed E-state index contributed by atoms with van der Waals surface area (Å²) in [7, 11) is 0. The standard InChI is InChI=1S/C11H6Cl2N2O3/c12-7-1-2-10(9(5-7)15(16)17)18-8-3-4-14-11(13)6-8/h1-6H. The second kappa shape index (κ2) is 5.20. The number of benzene rings is 1. The lowest BCUT2D eigenvalue weighted by Crippen LogP contribution is -1.93. The molecule has 0 aliphatic carbocycles. The predicted octanol–water partition coefficient (Wildman–Crippen LogP) is 4.09. The lowest BCUT2D eigenvalue weighted by atomic mass is 10.3. The third-order valence-electron chi connectivity index (χ3n) is 2.04. The Morgan fingerprint density at radius 3 is 2.67 bits per heavy atom. The topological polar surface area (TPSA) is 65.3 Å². The molecular formula is C11H6Cl2N2O3. The lowest BCUT2D eigenvalue weighted by molar-refractivity contribution is -0.385. The molecule has 0 spiro atoms. The first kappa shape index (κ1) is 12.6. The van der Waals surface area contributed by atoms with Gasteiger partial charge in [-0.3, -0.25) is 10.1 Å². The van der Waals surface area contributed by atoms with Gasteiger partial charge in [-0.15, -0.1) is 0 Å². The summed E-state index contributed by atoms with van der Waals surface area (Å²) in [4.78, 5) is 14.1. The van der Waals surface area contributed by atoms with Crippen LogP contribution in [-0.4, -0.2) is 9.91 Å². The molecule has 1 aromatic carbocycles. The zero-order chi connectivity index (χ0) is 13.1. The monoisotopic (exact) mass is 284 g/mol. The Morgan fingerprint density at radius 2 is 2.00 bits per heavy atom. The fourth-order valence-electron chi connectivity index (χ4n) is 1.29. The normalized spacial score (nSPS) is 10.1. The molecule has 0 amide bonds. The number of hydrogen-bond donors (Lipinski definition) is 0. The number of halogens is 2. The first-order valence-electron chi connectivity index (χ1n) is 4.79. The van der Waals surface area contributed by atoms with Crippen molar-refractivity contribution in [3.8, 4) is 11.5 Å². The van der Waals surface area contributed by atoms with E-state index in [1.165, 1.54) is 30.5 Å². The Hall–Kier alpha value is -1.85. The largest absolute Gasteiger partial charge is 0.450 e. The molecule has 0 atom stereocenters. The van der Waals surface area contributed by atoms with E-state index in [1.54, 1.807) is 6.07 Å². The number of nitrogens with zero attached hydrogens (tertiary/aromatic N) is 2. The number of aromatic nitrogens is 1. The Kier molecular flexibility index (Phi) is 3.64.